The number of urea groups is 1. The van der Waals surface area contributed by atoms with Gasteiger partial charge in [-0.05, 0) is 74.4 Å². The maximum atomic E-state index is 12.9. The van der Waals surface area contributed by atoms with Crippen molar-refractivity contribution in [2.24, 2.45) is 0 Å². The van der Waals surface area contributed by atoms with Gasteiger partial charge in [-0.3, -0.25) is 14.9 Å². The predicted molar refractivity (Wildman–Crippen MR) is 125 cm³/mol. The minimum Gasteiger partial charge on any atom is -0.393 e. The van der Waals surface area contributed by atoms with Crippen molar-refractivity contribution in [1.29, 1.82) is 0 Å². The molecule has 4 rings (SSSR count). The Kier molecular flexibility index (Phi) is 6.54. The van der Waals surface area contributed by atoms with Crippen molar-refractivity contribution < 1.29 is 27.9 Å². The first kappa shape index (κ1) is 24.4. The van der Waals surface area contributed by atoms with E-state index in [4.69, 9.17) is 0 Å². The van der Waals surface area contributed by atoms with E-state index in [1.54, 1.807) is 23.1 Å². The lowest BCUT2D eigenvalue weighted by molar-refractivity contribution is -0.125. The van der Waals surface area contributed by atoms with Gasteiger partial charge in [0.1, 0.15) is 5.54 Å². The van der Waals surface area contributed by atoms with Crippen LogP contribution in [0.15, 0.2) is 17.5 Å². The molecule has 11 heteroatoms. The van der Waals surface area contributed by atoms with Crippen LogP contribution in [0.4, 0.5) is 4.79 Å². The smallest absolute Gasteiger partial charge is 0.322 e. The molecule has 0 saturated carbocycles. The number of carbonyl (C=O) groups is 3. The summed E-state index contributed by atoms with van der Waals surface area (Å²) in [5, 5.41) is 15.7. The molecule has 0 aliphatic carbocycles. The van der Waals surface area contributed by atoms with Crippen molar-refractivity contribution in [3.63, 3.8) is 0 Å². The minimum atomic E-state index is -3.73. The van der Waals surface area contributed by atoms with E-state index in [9.17, 15) is 27.9 Å². The molecule has 0 bridgehead atoms. The number of piperidine rings is 2. The zero-order chi connectivity index (χ0) is 24.7. The monoisotopic (exact) mass is 490 g/mol. The van der Waals surface area contributed by atoms with Gasteiger partial charge in [0.05, 0.1) is 6.10 Å². The number of aryl methyl sites for hydroxylation is 2. The van der Waals surface area contributed by atoms with Gasteiger partial charge >= 0.3 is 6.03 Å². The molecule has 3 aliphatic rings. The van der Waals surface area contributed by atoms with Crippen LogP contribution in [0.1, 0.15) is 52.7 Å². The Balaban J connectivity index is 1.45. The van der Waals surface area contributed by atoms with Gasteiger partial charge in [-0.1, -0.05) is 0 Å². The van der Waals surface area contributed by atoms with Gasteiger partial charge in [0.2, 0.25) is 10.0 Å². The van der Waals surface area contributed by atoms with Crippen molar-refractivity contribution >= 4 is 33.9 Å². The highest BCUT2D eigenvalue weighted by molar-refractivity contribution is 7.92. The summed E-state index contributed by atoms with van der Waals surface area (Å²) in [6.07, 6.45) is 2.73. The molecule has 3 aliphatic heterocycles. The van der Waals surface area contributed by atoms with Gasteiger partial charge in [-0.15, -0.1) is 0 Å². The number of nitrogens with one attached hydrogen (secondary N) is 2. The molecule has 1 aromatic rings. The third-order valence-electron chi connectivity index (χ3n) is 6.95. The molecule has 184 valence electrons. The SMILES string of the molecule is Cc1cc(C(=O)N2CCC(O)CC2)cc(C)c1/C=C/S(=O)(=O)N1CCC2(CC1)NC(=O)NC2=O. The Labute approximate surface area is 199 Å². The molecule has 1 spiro atoms. The number of aliphatic hydroxyl groups is 1. The molecular formula is C23H30N4O6S. The van der Waals surface area contributed by atoms with E-state index in [0.717, 1.165) is 22.1 Å². The number of nitrogens with zero attached hydrogens (tertiary/aromatic N) is 2. The fourth-order valence-electron chi connectivity index (χ4n) is 4.86. The molecule has 3 fully saturated rings. The number of hydrogen-bond acceptors (Lipinski definition) is 6. The van der Waals surface area contributed by atoms with Crippen molar-refractivity contribution in [3.8, 4) is 0 Å². The summed E-state index contributed by atoms with van der Waals surface area (Å²) in [7, 11) is -3.73. The van der Waals surface area contributed by atoms with Gasteiger partial charge in [-0.25, -0.2) is 13.2 Å². The quantitative estimate of drug-likeness (QED) is 0.536. The van der Waals surface area contributed by atoms with E-state index >= 15 is 0 Å². The summed E-state index contributed by atoms with van der Waals surface area (Å²) < 4.78 is 27.1. The Morgan fingerprint density at radius 2 is 1.68 bits per heavy atom. The highest BCUT2D eigenvalue weighted by Crippen LogP contribution is 2.28. The van der Waals surface area contributed by atoms with E-state index in [1.165, 1.54) is 4.31 Å². The normalized spacial score (nSPS) is 21.8. The van der Waals surface area contributed by atoms with Crippen molar-refractivity contribution in [2.45, 2.75) is 51.2 Å². The Bertz CT molecular complexity index is 1120. The number of hydrogen-bond donors (Lipinski definition) is 3. The molecule has 3 heterocycles. The number of carbonyl (C=O) groups excluding carboxylic acids is 3. The minimum absolute atomic E-state index is 0.0912. The number of sulfonamides is 1. The fourth-order valence-corrected chi connectivity index (χ4v) is 6.03. The second-order valence-electron chi connectivity index (χ2n) is 9.28. The molecule has 0 radical (unpaired) electrons. The Hall–Kier alpha value is -2.76. The molecule has 0 aromatic heterocycles. The molecule has 3 N–H and O–H groups in total. The number of rotatable bonds is 4. The zero-order valence-electron chi connectivity index (χ0n) is 19.3. The van der Waals surface area contributed by atoms with Crippen LogP contribution in [0, 0.1) is 13.8 Å². The van der Waals surface area contributed by atoms with E-state index in [1.807, 2.05) is 13.8 Å². The largest absolute Gasteiger partial charge is 0.393 e. The fraction of sp³-hybridized carbons (Fsp3) is 0.522. The van der Waals surface area contributed by atoms with Crippen LogP contribution in [0.25, 0.3) is 6.08 Å². The van der Waals surface area contributed by atoms with E-state index < -0.39 is 27.5 Å². The third-order valence-corrected chi connectivity index (χ3v) is 8.51. The molecule has 34 heavy (non-hydrogen) atoms. The average Bonchev–Trinajstić information content (AvgIpc) is 3.05. The van der Waals surface area contributed by atoms with Gasteiger partial charge in [0.15, 0.2) is 0 Å². The molecule has 1 aromatic carbocycles. The van der Waals surface area contributed by atoms with E-state index in [2.05, 4.69) is 10.6 Å². The van der Waals surface area contributed by atoms with Crippen molar-refractivity contribution in [2.75, 3.05) is 26.2 Å². The van der Waals surface area contributed by atoms with Crippen LogP contribution >= 0.6 is 0 Å². The summed E-state index contributed by atoms with van der Waals surface area (Å²) in [6, 6.07) is 2.98. The highest BCUT2D eigenvalue weighted by Gasteiger charge is 2.49. The lowest BCUT2D eigenvalue weighted by Crippen LogP contribution is -2.55. The third kappa shape index (κ3) is 4.73. The standard InChI is InChI=1S/C23H30N4O6S/c1-15-13-17(20(29)26-8-3-18(28)4-9-26)14-16(2)19(15)5-12-34(32,33)27-10-6-23(7-11-27)21(30)24-22(31)25-23/h5,12-14,18,28H,3-4,6-11H2,1-2H3,(H2,24,25,30,31)/b12-5+. The second kappa shape index (κ2) is 9.12. The number of benzene rings is 1. The van der Waals surface area contributed by atoms with E-state index in [-0.39, 0.29) is 37.9 Å². The summed E-state index contributed by atoms with van der Waals surface area (Å²) in [5.41, 5.74) is 1.81. The summed E-state index contributed by atoms with van der Waals surface area (Å²) in [5.74, 6) is -0.502. The molecule has 3 saturated heterocycles. The van der Waals surface area contributed by atoms with Gasteiger partial charge in [0.25, 0.3) is 11.8 Å². The van der Waals surface area contributed by atoms with E-state index in [0.29, 0.717) is 31.5 Å². The van der Waals surface area contributed by atoms with Gasteiger partial charge < -0.3 is 15.3 Å². The summed E-state index contributed by atoms with van der Waals surface area (Å²) in [6.45, 7) is 4.94. The second-order valence-corrected chi connectivity index (χ2v) is 11.1. The molecule has 4 amide bonds. The predicted octanol–water partition coefficient (Wildman–Crippen LogP) is 0.875. The maximum Gasteiger partial charge on any atom is 0.322 e. The van der Waals surface area contributed by atoms with Crippen LogP contribution < -0.4 is 10.6 Å². The maximum absolute atomic E-state index is 12.9. The van der Waals surface area contributed by atoms with Crippen LogP contribution in [-0.4, -0.2) is 78.4 Å². The van der Waals surface area contributed by atoms with Crippen LogP contribution in [0.3, 0.4) is 0 Å². The number of aliphatic hydroxyl groups excluding tert-OH is 1. The number of amides is 4. The topological polar surface area (TPSA) is 136 Å². The number of imide groups is 1. The molecule has 10 nitrogen and oxygen atoms in total. The van der Waals surface area contributed by atoms with Crippen molar-refractivity contribution in [3.05, 3.63) is 39.8 Å². The first-order chi connectivity index (χ1) is 16.0. The van der Waals surface area contributed by atoms with Crippen LogP contribution in [-0.2, 0) is 14.8 Å². The molecule has 0 atom stereocenters. The Morgan fingerprint density at radius 3 is 2.21 bits per heavy atom. The molecule has 0 unspecified atom stereocenters. The number of likely N-dealkylation sites (tertiary alicyclic amines) is 1. The van der Waals surface area contributed by atoms with Crippen LogP contribution in [0.2, 0.25) is 0 Å². The lowest BCUT2D eigenvalue weighted by atomic mass is 9.89. The summed E-state index contributed by atoms with van der Waals surface area (Å²) in [4.78, 5) is 38.2. The van der Waals surface area contributed by atoms with Gasteiger partial charge in [-0.2, -0.15) is 4.31 Å². The van der Waals surface area contributed by atoms with Gasteiger partial charge in [0, 0.05) is 37.2 Å². The zero-order valence-corrected chi connectivity index (χ0v) is 20.2. The first-order valence-electron chi connectivity index (χ1n) is 11.4. The first-order valence-corrected chi connectivity index (χ1v) is 12.9. The molecular weight excluding hydrogens is 460 g/mol. The van der Waals surface area contributed by atoms with Crippen molar-refractivity contribution in [1.82, 2.24) is 19.8 Å². The Morgan fingerprint density at radius 1 is 1.09 bits per heavy atom. The highest BCUT2D eigenvalue weighted by atomic mass is 32.2. The summed E-state index contributed by atoms with van der Waals surface area (Å²) >= 11 is 0. The average molecular weight is 491 g/mol. The van der Waals surface area contributed by atoms with Crippen LogP contribution in [0.5, 0.6) is 0 Å². The lowest BCUT2D eigenvalue weighted by Gasteiger charge is -2.35.